The molecule has 0 aromatic heterocycles. The highest BCUT2D eigenvalue weighted by atomic mass is 32.2. The third-order valence-corrected chi connectivity index (χ3v) is 3.49. The van der Waals surface area contributed by atoms with Crippen LogP contribution in [0.4, 0.5) is 4.79 Å². The van der Waals surface area contributed by atoms with Crippen LogP contribution < -0.4 is 5.32 Å². The first-order valence-electron chi connectivity index (χ1n) is 4.20. The fraction of sp³-hybridized carbons (Fsp3) is 0.714. The van der Waals surface area contributed by atoms with Gasteiger partial charge in [-0.2, -0.15) is 0 Å². The number of hydrogen-bond donors (Lipinski definition) is 4. The number of carbonyl (C=O) groups is 2. The first-order valence-corrected chi connectivity index (χ1v) is 5.02. The SMILES string of the molecule is O=C1NC(=O)[C@]2(O[C@H](CO)[C@@H](O)[C@H]2O)S1. The number of nitrogens with one attached hydrogen (secondary N) is 1. The molecule has 2 amide bonds. The highest BCUT2D eigenvalue weighted by Gasteiger charge is 2.63. The van der Waals surface area contributed by atoms with Crippen molar-refractivity contribution in [3.05, 3.63) is 0 Å². The van der Waals surface area contributed by atoms with Gasteiger partial charge in [0.15, 0.2) is 0 Å². The number of imide groups is 1. The number of ether oxygens (including phenoxy) is 1. The van der Waals surface area contributed by atoms with Crippen LogP contribution in [-0.2, 0) is 9.53 Å². The van der Waals surface area contributed by atoms with Crippen molar-refractivity contribution in [1.82, 2.24) is 5.32 Å². The summed E-state index contributed by atoms with van der Waals surface area (Å²) in [4.78, 5) is 20.5. The molecule has 2 saturated heterocycles. The van der Waals surface area contributed by atoms with Gasteiger partial charge in [0, 0.05) is 0 Å². The molecule has 15 heavy (non-hydrogen) atoms. The normalized spacial score (nSPS) is 45.1. The van der Waals surface area contributed by atoms with Crippen molar-refractivity contribution in [3.8, 4) is 0 Å². The maximum Gasteiger partial charge on any atom is 0.289 e. The molecule has 0 saturated carbocycles. The molecule has 7 nitrogen and oxygen atoms in total. The van der Waals surface area contributed by atoms with Gasteiger partial charge in [-0.3, -0.25) is 14.9 Å². The van der Waals surface area contributed by atoms with Crippen LogP contribution in [0.3, 0.4) is 0 Å². The summed E-state index contributed by atoms with van der Waals surface area (Å²) < 4.78 is 5.05. The predicted molar refractivity (Wildman–Crippen MR) is 47.8 cm³/mol. The predicted octanol–water partition coefficient (Wildman–Crippen LogP) is -2.22. The molecule has 2 heterocycles. The number of thioether (sulfide) groups is 1. The number of hydrogen-bond acceptors (Lipinski definition) is 7. The second-order valence-electron chi connectivity index (χ2n) is 3.29. The van der Waals surface area contributed by atoms with Gasteiger partial charge in [-0.1, -0.05) is 0 Å². The van der Waals surface area contributed by atoms with Crippen molar-refractivity contribution in [2.45, 2.75) is 23.2 Å². The summed E-state index contributed by atoms with van der Waals surface area (Å²) in [7, 11) is 0. The zero-order chi connectivity index (χ0) is 11.2. The van der Waals surface area contributed by atoms with Gasteiger partial charge in [-0.25, -0.2) is 0 Å². The van der Waals surface area contributed by atoms with E-state index >= 15 is 0 Å². The topological polar surface area (TPSA) is 116 Å². The molecule has 0 aliphatic carbocycles. The molecule has 2 aliphatic rings. The van der Waals surface area contributed by atoms with E-state index in [1.54, 1.807) is 0 Å². The molecule has 0 unspecified atom stereocenters. The minimum Gasteiger partial charge on any atom is -0.394 e. The average molecular weight is 235 g/mol. The maximum atomic E-state index is 11.4. The number of rotatable bonds is 1. The smallest absolute Gasteiger partial charge is 0.289 e. The van der Waals surface area contributed by atoms with Gasteiger partial charge in [-0.15, -0.1) is 0 Å². The summed E-state index contributed by atoms with van der Waals surface area (Å²) in [5, 5.41) is 29.2. The largest absolute Gasteiger partial charge is 0.394 e. The Morgan fingerprint density at radius 2 is 2.13 bits per heavy atom. The molecule has 84 valence electrons. The molecule has 2 rings (SSSR count). The Hall–Kier alpha value is -0.670. The Morgan fingerprint density at radius 3 is 2.53 bits per heavy atom. The van der Waals surface area contributed by atoms with Crippen molar-refractivity contribution in [2.75, 3.05) is 6.61 Å². The lowest BCUT2D eigenvalue weighted by Gasteiger charge is -2.20. The number of aliphatic hydroxyl groups is 3. The van der Waals surface area contributed by atoms with E-state index in [0.717, 1.165) is 0 Å². The van der Waals surface area contributed by atoms with E-state index in [2.05, 4.69) is 0 Å². The lowest BCUT2D eigenvalue weighted by Crippen LogP contribution is -2.47. The van der Waals surface area contributed by atoms with Gasteiger partial charge in [0.05, 0.1) is 6.61 Å². The first-order chi connectivity index (χ1) is 7.01. The van der Waals surface area contributed by atoms with Crippen LogP contribution in [0.5, 0.6) is 0 Å². The van der Waals surface area contributed by atoms with Crippen molar-refractivity contribution in [3.63, 3.8) is 0 Å². The molecule has 4 atom stereocenters. The van der Waals surface area contributed by atoms with E-state index in [1.165, 1.54) is 0 Å². The average Bonchev–Trinajstić information content (AvgIpc) is 2.60. The van der Waals surface area contributed by atoms with Gasteiger partial charge >= 0.3 is 0 Å². The van der Waals surface area contributed by atoms with Crippen molar-refractivity contribution < 1.29 is 29.6 Å². The van der Waals surface area contributed by atoms with E-state index < -0.39 is 41.0 Å². The van der Waals surface area contributed by atoms with Gasteiger partial charge < -0.3 is 20.1 Å². The van der Waals surface area contributed by atoms with Crippen molar-refractivity contribution in [2.24, 2.45) is 0 Å². The van der Waals surface area contributed by atoms with E-state index in [9.17, 15) is 19.8 Å². The standard InChI is InChI=1S/C7H9NO6S/c9-1-2-3(10)4(11)7(14-2)5(12)8-6(13)15-7/h2-4,9-11H,1H2,(H,8,12,13)/t2-,3-,4-,7-/m1/s1. The molecule has 0 bridgehead atoms. The molecule has 0 aromatic carbocycles. The van der Waals surface area contributed by atoms with Crippen LogP contribution in [0.25, 0.3) is 0 Å². The Morgan fingerprint density at radius 1 is 1.47 bits per heavy atom. The molecule has 0 radical (unpaired) electrons. The number of amides is 2. The Balaban J connectivity index is 2.30. The quantitative estimate of drug-likeness (QED) is 0.406. The van der Waals surface area contributed by atoms with Gasteiger partial charge in [0.25, 0.3) is 11.1 Å². The summed E-state index contributed by atoms with van der Waals surface area (Å²) >= 11 is 0.472. The highest BCUT2D eigenvalue weighted by molar-refractivity contribution is 8.16. The van der Waals surface area contributed by atoms with Crippen LogP contribution in [0, 0.1) is 0 Å². The molecule has 0 aromatic rings. The lowest BCUT2D eigenvalue weighted by atomic mass is 10.1. The fourth-order valence-corrected chi connectivity index (χ4v) is 2.59. The van der Waals surface area contributed by atoms with Gasteiger partial charge in [0.2, 0.25) is 4.93 Å². The molecular weight excluding hydrogens is 226 g/mol. The van der Waals surface area contributed by atoms with Crippen LogP contribution in [-0.4, -0.2) is 56.3 Å². The third-order valence-electron chi connectivity index (χ3n) is 2.38. The monoisotopic (exact) mass is 235 g/mol. The Kier molecular flexibility index (Phi) is 2.47. The minimum absolute atomic E-state index is 0.472. The van der Waals surface area contributed by atoms with Crippen LogP contribution in [0.1, 0.15) is 0 Å². The number of aliphatic hydroxyl groups excluding tert-OH is 3. The third kappa shape index (κ3) is 1.37. The second-order valence-corrected chi connectivity index (χ2v) is 4.47. The maximum absolute atomic E-state index is 11.4. The first kappa shape index (κ1) is 10.8. The van der Waals surface area contributed by atoms with E-state index in [4.69, 9.17) is 9.84 Å². The zero-order valence-electron chi connectivity index (χ0n) is 7.41. The molecule has 2 aliphatic heterocycles. The summed E-state index contributed by atoms with van der Waals surface area (Å²) in [6.07, 6.45) is -3.99. The van der Waals surface area contributed by atoms with E-state index in [-0.39, 0.29) is 0 Å². The summed E-state index contributed by atoms with van der Waals surface area (Å²) in [6, 6.07) is 0. The highest BCUT2D eigenvalue weighted by Crippen LogP contribution is 2.43. The molecular formula is C7H9NO6S. The van der Waals surface area contributed by atoms with Crippen LogP contribution in [0.2, 0.25) is 0 Å². The minimum atomic E-state index is -1.82. The fourth-order valence-electron chi connectivity index (χ4n) is 1.60. The Bertz CT molecular complexity index is 323. The van der Waals surface area contributed by atoms with Gasteiger partial charge in [0.1, 0.15) is 18.3 Å². The second kappa shape index (κ2) is 3.42. The van der Waals surface area contributed by atoms with E-state index in [0.29, 0.717) is 11.8 Å². The zero-order valence-corrected chi connectivity index (χ0v) is 8.23. The van der Waals surface area contributed by atoms with Crippen LogP contribution >= 0.6 is 11.8 Å². The molecule has 2 fully saturated rings. The molecule has 1 spiro atoms. The number of carbonyl (C=O) groups excluding carboxylic acids is 2. The molecule has 8 heteroatoms. The summed E-state index contributed by atoms with van der Waals surface area (Å²) in [6.45, 7) is -0.540. The van der Waals surface area contributed by atoms with Crippen molar-refractivity contribution in [1.29, 1.82) is 0 Å². The van der Waals surface area contributed by atoms with Crippen LogP contribution in [0.15, 0.2) is 0 Å². The van der Waals surface area contributed by atoms with Gasteiger partial charge in [-0.05, 0) is 11.8 Å². The lowest BCUT2D eigenvalue weighted by molar-refractivity contribution is -0.138. The Labute approximate surface area is 88.4 Å². The summed E-state index contributed by atoms with van der Waals surface area (Å²) in [5.41, 5.74) is 0. The van der Waals surface area contributed by atoms with E-state index in [1.807, 2.05) is 5.32 Å². The molecule has 4 N–H and O–H groups in total. The van der Waals surface area contributed by atoms with Crippen molar-refractivity contribution >= 4 is 22.9 Å². The summed E-state index contributed by atoms with van der Waals surface area (Å²) in [5.74, 6) is -0.806.